The van der Waals surface area contributed by atoms with Gasteiger partial charge in [0.15, 0.2) is 0 Å². The molecule has 0 unspecified atom stereocenters. The monoisotopic (exact) mass is 405 g/mol. The van der Waals surface area contributed by atoms with Crippen LogP contribution in [0.4, 0.5) is 10.2 Å². The summed E-state index contributed by atoms with van der Waals surface area (Å²) in [7, 11) is 1.30. The van der Waals surface area contributed by atoms with Gasteiger partial charge >= 0.3 is 5.97 Å². The Morgan fingerprint density at radius 1 is 1.10 bits per heavy atom. The summed E-state index contributed by atoms with van der Waals surface area (Å²) in [6.07, 6.45) is 4.15. The molecule has 2 N–H and O–H groups in total. The van der Waals surface area contributed by atoms with Crippen LogP contribution in [0.5, 0.6) is 0 Å². The van der Waals surface area contributed by atoms with Gasteiger partial charge in [-0.05, 0) is 30.3 Å². The van der Waals surface area contributed by atoms with Crippen LogP contribution in [-0.2, 0) is 9.53 Å². The van der Waals surface area contributed by atoms with Gasteiger partial charge in [-0.2, -0.15) is 0 Å². The fourth-order valence-electron chi connectivity index (χ4n) is 3.19. The fraction of sp³-hybridized carbons (Fsp3) is 0.0952. The number of aromatic amines is 1. The Labute approximate surface area is 170 Å². The van der Waals surface area contributed by atoms with E-state index < -0.39 is 11.8 Å². The van der Waals surface area contributed by atoms with Crippen molar-refractivity contribution in [3.05, 3.63) is 60.3 Å². The Balaban J connectivity index is 2.01. The summed E-state index contributed by atoms with van der Waals surface area (Å²) in [5, 5.41) is 2.64. The average Bonchev–Trinajstić information content (AvgIpc) is 3.13. The van der Waals surface area contributed by atoms with Crippen molar-refractivity contribution < 1.29 is 18.7 Å². The molecule has 0 aliphatic carbocycles. The van der Waals surface area contributed by atoms with Crippen LogP contribution >= 0.6 is 0 Å². The van der Waals surface area contributed by atoms with E-state index in [1.807, 2.05) is 0 Å². The maximum Gasteiger partial charge on any atom is 0.340 e. The van der Waals surface area contributed by atoms with Crippen LogP contribution in [0.25, 0.3) is 33.5 Å². The molecule has 9 heteroatoms. The van der Waals surface area contributed by atoms with Crippen molar-refractivity contribution in [2.24, 2.45) is 0 Å². The number of methoxy groups -OCH3 is 1. The number of esters is 1. The van der Waals surface area contributed by atoms with Crippen molar-refractivity contribution in [2.45, 2.75) is 6.92 Å². The van der Waals surface area contributed by atoms with E-state index in [2.05, 4.69) is 25.3 Å². The van der Waals surface area contributed by atoms with Crippen molar-refractivity contribution in [3.63, 3.8) is 0 Å². The first kappa shape index (κ1) is 19.2. The van der Waals surface area contributed by atoms with Gasteiger partial charge < -0.3 is 15.0 Å². The first-order valence-corrected chi connectivity index (χ1v) is 8.93. The van der Waals surface area contributed by atoms with Gasteiger partial charge in [-0.15, -0.1) is 0 Å². The number of carbonyl (C=O) groups is 2. The molecule has 0 aromatic carbocycles. The van der Waals surface area contributed by atoms with Crippen molar-refractivity contribution in [3.8, 4) is 22.5 Å². The average molecular weight is 405 g/mol. The van der Waals surface area contributed by atoms with Crippen molar-refractivity contribution in [1.82, 2.24) is 19.9 Å². The number of nitrogens with one attached hydrogen (secondary N) is 2. The SMILES string of the molecule is COC(=O)c1ccnc2c(-c3ccc(F)cn3)c(-c3ccnc(NC(C)=O)c3)[nH]c12. The van der Waals surface area contributed by atoms with Crippen LogP contribution in [0, 0.1) is 5.82 Å². The minimum atomic E-state index is -0.525. The minimum absolute atomic E-state index is 0.258. The number of rotatable bonds is 4. The molecular weight excluding hydrogens is 389 g/mol. The van der Waals surface area contributed by atoms with E-state index in [1.165, 1.54) is 32.4 Å². The van der Waals surface area contributed by atoms with Crippen LogP contribution < -0.4 is 5.32 Å². The lowest BCUT2D eigenvalue weighted by Gasteiger charge is -2.07. The van der Waals surface area contributed by atoms with Crippen molar-refractivity contribution >= 4 is 28.7 Å². The second kappa shape index (κ2) is 7.70. The highest BCUT2D eigenvalue weighted by Crippen LogP contribution is 2.38. The zero-order valence-electron chi connectivity index (χ0n) is 16.1. The van der Waals surface area contributed by atoms with Gasteiger partial charge in [0, 0.05) is 24.9 Å². The van der Waals surface area contributed by atoms with E-state index in [-0.39, 0.29) is 5.91 Å². The Morgan fingerprint density at radius 3 is 2.60 bits per heavy atom. The zero-order chi connectivity index (χ0) is 21.3. The molecule has 0 spiro atoms. The highest BCUT2D eigenvalue weighted by Gasteiger charge is 2.22. The third-order valence-corrected chi connectivity index (χ3v) is 4.43. The second-order valence-corrected chi connectivity index (χ2v) is 6.42. The molecule has 30 heavy (non-hydrogen) atoms. The first-order chi connectivity index (χ1) is 14.5. The molecule has 0 aliphatic heterocycles. The smallest absolute Gasteiger partial charge is 0.340 e. The highest BCUT2D eigenvalue weighted by molar-refractivity contribution is 6.09. The van der Waals surface area contributed by atoms with E-state index in [0.29, 0.717) is 44.9 Å². The van der Waals surface area contributed by atoms with Gasteiger partial charge in [0.05, 0.1) is 46.9 Å². The molecule has 1 amide bonds. The number of hydrogen-bond donors (Lipinski definition) is 2. The Kier molecular flexibility index (Phi) is 4.93. The van der Waals surface area contributed by atoms with Gasteiger partial charge in [-0.1, -0.05) is 0 Å². The Bertz CT molecular complexity index is 1270. The number of hydrogen-bond acceptors (Lipinski definition) is 6. The third-order valence-electron chi connectivity index (χ3n) is 4.43. The molecule has 0 bridgehead atoms. The number of nitrogens with zero attached hydrogens (tertiary/aromatic N) is 3. The molecule has 4 aromatic heterocycles. The second-order valence-electron chi connectivity index (χ2n) is 6.42. The molecule has 4 heterocycles. The minimum Gasteiger partial charge on any atom is -0.465 e. The lowest BCUT2D eigenvalue weighted by Crippen LogP contribution is -2.07. The summed E-state index contributed by atoms with van der Waals surface area (Å²) in [6.45, 7) is 1.39. The Hall–Kier alpha value is -4.14. The predicted molar refractivity (Wildman–Crippen MR) is 108 cm³/mol. The first-order valence-electron chi connectivity index (χ1n) is 8.93. The van der Waals surface area contributed by atoms with Crippen molar-refractivity contribution in [2.75, 3.05) is 12.4 Å². The van der Waals surface area contributed by atoms with Gasteiger partial charge in [-0.3, -0.25) is 14.8 Å². The lowest BCUT2D eigenvalue weighted by molar-refractivity contribution is -0.114. The third kappa shape index (κ3) is 3.48. The Morgan fingerprint density at radius 2 is 1.90 bits per heavy atom. The van der Waals surface area contributed by atoms with Crippen LogP contribution in [0.1, 0.15) is 17.3 Å². The van der Waals surface area contributed by atoms with E-state index >= 15 is 0 Å². The molecule has 0 radical (unpaired) electrons. The molecule has 0 atom stereocenters. The molecule has 0 saturated carbocycles. The zero-order valence-corrected chi connectivity index (χ0v) is 16.1. The summed E-state index contributed by atoms with van der Waals surface area (Å²) in [6, 6.07) is 7.79. The summed E-state index contributed by atoms with van der Waals surface area (Å²) >= 11 is 0. The number of amides is 1. The molecular formula is C21H16FN5O3. The molecule has 4 rings (SSSR count). The van der Waals surface area contributed by atoms with E-state index in [0.717, 1.165) is 6.20 Å². The quantitative estimate of drug-likeness (QED) is 0.502. The number of anilines is 1. The number of ether oxygens (including phenoxy) is 1. The van der Waals surface area contributed by atoms with Gasteiger partial charge in [-0.25, -0.2) is 14.2 Å². The number of fused-ring (bicyclic) bond motifs is 1. The molecule has 8 nitrogen and oxygen atoms in total. The fourth-order valence-corrected chi connectivity index (χ4v) is 3.19. The summed E-state index contributed by atoms with van der Waals surface area (Å²) < 4.78 is 18.3. The largest absolute Gasteiger partial charge is 0.465 e. The molecule has 0 fully saturated rings. The topological polar surface area (TPSA) is 110 Å². The number of carbonyl (C=O) groups excluding carboxylic acids is 2. The summed E-state index contributed by atoms with van der Waals surface area (Å²) in [5.41, 5.74) is 3.53. The van der Waals surface area contributed by atoms with E-state index in [1.54, 1.807) is 24.4 Å². The summed E-state index contributed by atoms with van der Waals surface area (Å²) in [5.74, 6) is -0.896. The van der Waals surface area contributed by atoms with Crippen LogP contribution in [0.3, 0.4) is 0 Å². The lowest BCUT2D eigenvalue weighted by atomic mass is 10.0. The van der Waals surface area contributed by atoms with Gasteiger partial charge in [0.25, 0.3) is 0 Å². The standard InChI is InChI=1S/C21H16FN5O3/c1-11(28)26-16-9-12(5-7-23-16)18-17(15-4-3-13(22)10-25-15)20-19(27-18)14(6-8-24-20)21(29)30-2/h3-10,27H,1-2H3,(H,23,26,28). The van der Waals surface area contributed by atoms with Gasteiger partial charge in [0.2, 0.25) is 5.91 Å². The number of aromatic nitrogens is 4. The number of halogens is 1. The normalized spacial score (nSPS) is 10.8. The predicted octanol–water partition coefficient (Wildman–Crippen LogP) is 3.57. The highest BCUT2D eigenvalue weighted by atomic mass is 19.1. The van der Waals surface area contributed by atoms with Gasteiger partial charge in [0.1, 0.15) is 11.6 Å². The molecule has 150 valence electrons. The maximum atomic E-state index is 13.5. The summed E-state index contributed by atoms with van der Waals surface area (Å²) in [4.78, 5) is 39.6. The van der Waals surface area contributed by atoms with Crippen LogP contribution in [-0.4, -0.2) is 38.9 Å². The van der Waals surface area contributed by atoms with E-state index in [9.17, 15) is 14.0 Å². The molecule has 0 saturated heterocycles. The number of pyridine rings is 3. The maximum absolute atomic E-state index is 13.5. The molecule has 4 aromatic rings. The molecule has 0 aliphatic rings. The van der Waals surface area contributed by atoms with Crippen LogP contribution in [0.15, 0.2) is 48.9 Å². The van der Waals surface area contributed by atoms with Crippen molar-refractivity contribution in [1.29, 1.82) is 0 Å². The number of H-pyrrole nitrogens is 1. The van der Waals surface area contributed by atoms with Crippen LogP contribution in [0.2, 0.25) is 0 Å². The van der Waals surface area contributed by atoms with E-state index in [4.69, 9.17) is 4.74 Å².